The van der Waals surface area contributed by atoms with Crippen molar-refractivity contribution in [1.29, 1.82) is 0 Å². The monoisotopic (exact) mass is 906 g/mol. The van der Waals surface area contributed by atoms with Gasteiger partial charge in [0, 0.05) is 13.6 Å². The molecule has 0 bridgehead atoms. The molecule has 0 aromatic heterocycles. The number of nitrogens with zero attached hydrogens (tertiary/aromatic N) is 1. The highest BCUT2D eigenvalue weighted by Crippen LogP contribution is 2.35. The number of nitrogens with one attached hydrogen (secondary N) is 4. The first-order chi connectivity index (χ1) is 29.1. The van der Waals surface area contributed by atoms with Crippen LogP contribution in [0.15, 0.2) is 11.8 Å². The Morgan fingerprint density at radius 2 is 1.43 bits per heavy atom. The van der Waals surface area contributed by atoms with Crippen LogP contribution >= 0.6 is 0 Å². The van der Waals surface area contributed by atoms with Gasteiger partial charge < -0.3 is 91.2 Å². The van der Waals surface area contributed by atoms with Crippen LogP contribution < -0.4 is 32.7 Å². The Balaban J connectivity index is 2.04. The number of nitrogens with two attached hydrogens (primary N) is 2. The largest absolute Gasteiger partial charge is 0.467 e. The molecule has 2 aliphatic heterocycles. The number of carbonyl (C=O) groups is 4. The fraction of sp³-hybridized carbons (Fsp3) is 0.854. The van der Waals surface area contributed by atoms with Gasteiger partial charge in [-0.1, -0.05) is 0 Å². The lowest BCUT2D eigenvalue weighted by Crippen LogP contribution is -2.70. The van der Waals surface area contributed by atoms with Crippen LogP contribution in [0, 0.1) is 0 Å². The fourth-order valence-corrected chi connectivity index (χ4v) is 7.28. The molecule has 0 aromatic carbocycles. The van der Waals surface area contributed by atoms with Gasteiger partial charge in [-0.2, -0.15) is 0 Å². The third-order valence-corrected chi connectivity index (χ3v) is 10.0. The van der Waals surface area contributed by atoms with Crippen molar-refractivity contribution in [2.24, 2.45) is 11.5 Å². The summed E-state index contributed by atoms with van der Waals surface area (Å²) in [6.07, 6.45) is -11.0. The van der Waals surface area contributed by atoms with Gasteiger partial charge in [-0.15, -0.1) is 0 Å². The van der Waals surface area contributed by atoms with E-state index in [1.165, 1.54) is 14.0 Å². The van der Waals surface area contributed by atoms with E-state index in [9.17, 15) is 39.6 Å². The summed E-state index contributed by atoms with van der Waals surface area (Å²) in [7, 11) is 1.33. The van der Waals surface area contributed by atoms with Crippen LogP contribution in [0.2, 0.25) is 0 Å². The fourth-order valence-electron chi connectivity index (χ4n) is 7.28. The van der Waals surface area contributed by atoms with Crippen molar-refractivity contribution in [3.05, 3.63) is 11.8 Å². The van der Waals surface area contributed by atoms with E-state index in [0.717, 1.165) is 4.90 Å². The predicted octanol–water partition coefficient (Wildman–Crippen LogP) is -0.225. The van der Waals surface area contributed by atoms with E-state index >= 15 is 0 Å². The van der Waals surface area contributed by atoms with Gasteiger partial charge in [0.15, 0.2) is 6.29 Å². The second-order valence-corrected chi connectivity index (χ2v) is 19.4. The molecule has 22 heteroatoms. The average Bonchev–Trinajstić information content (AvgIpc) is 3.13. The summed E-state index contributed by atoms with van der Waals surface area (Å²) in [4.78, 5) is 53.5. The topological polar surface area (TPSA) is 317 Å². The van der Waals surface area contributed by atoms with Crippen molar-refractivity contribution in [3.8, 4) is 0 Å². The number of aliphatic hydroxyl groups is 4. The van der Waals surface area contributed by atoms with Crippen molar-refractivity contribution in [3.63, 3.8) is 0 Å². The molecule has 1 aliphatic carbocycles. The molecular weight excluding hydrogens is 830 g/mol. The zero-order valence-corrected chi connectivity index (χ0v) is 38.7. The van der Waals surface area contributed by atoms with Gasteiger partial charge >= 0.3 is 18.3 Å². The number of alkyl carbamates (subject to hydrolysis) is 2. The van der Waals surface area contributed by atoms with E-state index < -0.39 is 120 Å². The molecule has 1 saturated carbocycles. The quantitative estimate of drug-likeness (QED) is 0.0707. The van der Waals surface area contributed by atoms with Crippen molar-refractivity contribution in [2.45, 2.75) is 185 Å². The number of aliphatic hydroxyl groups excluding tert-OH is 3. The van der Waals surface area contributed by atoms with Crippen molar-refractivity contribution >= 4 is 24.2 Å². The van der Waals surface area contributed by atoms with Crippen LogP contribution in [-0.2, 0) is 38.0 Å². The molecule has 3 rings (SSSR count). The highest BCUT2D eigenvalue weighted by molar-refractivity contribution is 5.81. The van der Waals surface area contributed by atoms with Crippen LogP contribution in [0.5, 0.6) is 0 Å². The summed E-state index contributed by atoms with van der Waals surface area (Å²) >= 11 is 0. The van der Waals surface area contributed by atoms with Gasteiger partial charge in [-0.3, -0.25) is 4.79 Å². The lowest BCUT2D eigenvalue weighted by Gasteiger charge is -2.50. The summed E-state index contributed by atoms with van der Waals surface area (Å²) in [5, 5.41) is 57.8. The lowest BCUT2D eigenvalue weighted by atomic mass is 9.82. The number of hydrogen-bond acceptors (Lipinski definition) is 18. The third kappa shape index (κ3) is 16.7. The van der Waals surface area contributed by atoms with E-state index in [-0.39, 0.29) is 25.9 Å². The Kier molecular flexibility index (Phi) is 19.2. The third-order valence-electron chi connectivity index (χ3n) is 10.0. The molecule has 2 heterocycles. The average molecular weight is 906 g/mol. The summed E-state index contributed by atoms with van der Waals surface area (Å²) < 4.78 is 41.2. The number of hydrogen-bond donors (Lipinski definition) is 10. The molecule has 1 saturated heterocycles. The Morgan fingerprint density at radius 1 is 0.857 bits per heavy atom. The van der Waals surface area contributed by atoms with E-state index in [4.69, 9.17) is 44.6 Å². The van der Waals surface area contributed by atoms with Crippen LogP contribution in [0.25, 0.3) is 0 Å². The minimum Gasteiger partial charge on any atom is -0.467 e. The first-order valence-corrected chi connectivity index (χ1v) is 21.5. The van der Waals surface area contributed by atoms with Gasteiger partial charge in [0.25, 0.3) is 0 Å². The lowest BCUT2D eigenvalue weighted by molar-refractivity contribution is -0.311. The zero-order chi connectivity index (χ0) is 47.7. The second-order valence-electron chi connectivity index (χ2n) is 19.4. The highest BCUT2D eigenvalue weighted by Gasteiger charge is 2.55. The molecular formula is C41H75N7O15. The van der Waals surface area contributed by atoms with Gasteiger partial charge in [0.2, 0.25) is 12.2 Å². The van der Waals surface area contributed by atoms with E-state index in [1.807, 2.05) is 0 Å². The molecule has 0 unspecified atom stereocenters. The molecule has 12 atom stereocenters. The first-order valence-electron chi connectivity index (χ1n) is 21.5. The van der Waals surface area contributed by atoms with Crippen molar-refractivity contribution in [2.75, 3.05) is 39.8 Å². The molecule has 364 valence electrons. The Morgan fingerprint density at radius 3 is 2.00 bits per heavy atom. The van der Waals surface area contributed by atoms with Gasteiger partial charge in [-0.25, -0.2) is 14.4 Å². The Hall–Kier alpha value is -3.58. The maximum Gasteiger partial charge on any atom is 0.410 e. The molecule has 22 nitrogen and oxygen atoms in total. The molecule has 63 heavy (non-hydrogen) atoms. The van der Waals surface area contributed by atoms with Crippen molar-refractivity contribution in [1.82, 2.24) is 26.2 Å². The Labute approximate surface area is 370 Å². The van der Waals surface area contributed by atoms with Crippen LogP contribution in [0.1, 0.15) is 94.9 Å². The maximum atomic E-state index is 13.7. The van der Waals surface area contributed by atoms with E-state index in [0.29, 0.717) is 31.7 Å². The Bertz CT molecular complexity index is 1550. The second kappa shape index (κ2) is 22.6. The SMILES string of the molecule is CN(C(=O)OC(C)(C)C)[C@@H]1[C@@H](O)[C@@H](O[C@@H]2[C@@H](O)[C@H](O[C@H]3OC(CN)=CC[C@H]3NCCCN)[C@@H](NC(=O)OC(C)(C)C)C[C@H]2NC(=O)[C@@H](O)CCNC(=O)OC(C)(C)C)OC[C@]1(C)O. The summed E-state index contributed by atoms with van der Waals surface area (Å²) in [5.41, 5.74) is 7.21. The van der Waals surface area contributed by atoms with Gasteiger partial charge in [0.05, 0.1) is 37.3 Å². The molecule has 0 aromatic rings. The van der Waals surface area contributed by atoms with Crippen LogP contribution in [0.3, 0.4) is 0 Å². The smallest absolute Gasteiger partial charge is 0.410 e. The van der Waals surface area contributed by atoms with Crippen LogP contribution in [0.4, 0.5) is 14.4 Å². The predicted molar refractivity (Wildman–Crippen MR) is 227 cm³/mol. The summed E-state index contributed by atoms with van der Waals surface area (Å²) in [6.45, 7) is 16.7. The molecule has 4 amide bonds. The normalized spacial score (nSPS) is 30.8. The zero-order valence-electron chi connectivity index (χ0n) is 38.7. The first kappa shape index (κ1) is 53.8. The molecule has 2 fully saturated rings. The van der Waals surface area contributed by atoms with Crippen LogP contribution in [-0.4, -0.2) is 179 Å². The van der Waals surface area contributed by atoms with E-state index in [2.05, 4.69) is 21.3 Å². The van der Waals surface area contributed by atoms with E-state index in [1.54, 1.807) is 68.4 Å². The number of likely N-dealkylation sites (N-methyl/N-ethyl adjacent to an activating group) is 1. The van der Waals surface area contributed by atoms with Gasteiger partial charge in [-0.05, 0) is 114 Å². The molecule has 3 aliphatic rings. The summed E-state index contributed by atoms with van der Waals surface area (Å²) in [6, 6.07) is -4.23. The number of carbonyl (C=O) groups excluding carboxylic acids is 4. The minimum atomic E-state index is -1.83. The molecule has 12 N–H and O–H groups in total. The van der Waals surface area contributed by atoms with Gasteiger partial charge in [0.1, 0.15) is 58.7 Å². The maximum absolute atomic E-state index is 13.7. The number of ether oxygens (including phenoxy) is 7. The standard InChI is InChI=1S/C41H75N7O15/c1-38(2,3)61-35(53)45-18-15-26(49)32(52)46-24-19-25(47-36(54)62-39(4,5)6)30(59-33-23(44-17-12-16-42)14-13-22(20-43)58-33)27(50)29(24)60-34-28(51)31(41(10,56)21-57-34)48(11)37(55)63-40(7,8)9/h13,23-31,33-34,44,49-51,56H,12,14-21,42-43H2,1-11H3,(H,45,53)(H,46,52)(H,47,54)/t23-,24-,25+,26+,27-,28-,29+,30-,31-,33-,34-,41+/m1/s1. The highest BCUT2D eigenvalue weighted by atomic mass is 16.7. The summed E-state index contributed by atoms with van der Waals surface area (Å²) in [5.74, 6) is -0.520. The molecule has 0 spiro atoms. The van der Waals surface area contributed by atoms with Crippen molar-refractivity contribution < 1.29 is 72.8 Å². The number of amides is 4. The number of rotatable bonds is 16. The minimum absolute atomic E-state index is 0.0389. The molecule has 0 radical (unpaired) electrons.